The zero-order valence-electron chi connectivity index (χ0n) is 12.3. The molecule has 2 rings (SSSR count). The van der Waals surface area contributed by atoms with Gasteiger partial charge in [-0.1, -0.05) is 23.8 Å². The van der Waals surface area contributed by atoms with Gasteiger partial charge in [-0.05, 0) is 13.0 Å². The van der Waals surface area contributed by atoms with Crippen LogP contribution in [0.5, 0.6) is 11.6 Å². The molecule has 116 valence electrons. The fourth-order valence-corrected chi connectivity index (χ4v) is 1.86. The number of hydrogen-bond donors (Lipinski definition) is 3. The number of amides is 1. The highest BCUT2D eigenvalue weighted by molar-refractivity contribution is 5.95. The van der Waals surface area contributed by atoms with Crippen LogP contribution in [0.15, 0.2) is 24.3 Å². The predicted octanol–water partition coefficient (Wildman–Crippen LogP) is 1.24. The highest BCUT2D eigenvalue weighted by Crippen LogP contribution is 2.28. The molecular formula is C15H17N3O4. The Balaban J connectivity index is 2.36. The van der Waals surface area contributed by atoms with Crippen LogP contribution in [0.3, 0.4) is 0 Å². The van der Waals surface area contributed by atoms with Gasteiger partial charge in [0.25, 0.3) is 11.8 Å². The van der Waals surface area contributed by atoms with Gasteiger partial charge in [0.15, 0.2) is 11.5 Å². The number of benzene rings is 1. The van der Waals surface area contributed by atoms with E-state index in [0.29, 0.717) is 12.2 Å². The van der Waals surface area contributed by atoms with Crippen molar-refractivity contribution in [1.82, 2.24) is 15.3 Å². The van der Waals surface area contributed by atoms with Gasteiger partial charge in [0.05, 0.1) is 6.61 Å². The van der Waals surface area contributed by atoms with Crippen LogP contribution in [0.2, 0.25) is 0 Å². The van der Waals surface area contributed by atoms with Gasteiger partial charge >= 0.3 is 0 Å². The van der Waals surface area contributed by atoms with Gasteiger partial charge in [-0.15, -0.1) is 0 Å². The van der Waals surface area contributed by atoms with Crippen molar-refractivity contribution in [2.75, 3.05) is 20.3 Å². The maximum Gasteiger partial charge on any atom is 0.274 e. The molecule has 0 atom stereocenters. The largest absolute Gasteiger partial charge is 0.501 e. The summed E-state index contributed by atoms with van der Waals surface area (Å²) in [5.41, 5.74) is 1.35. The molecule has 1 aromatic carbocycles. The first-order valence-electron chi connectivity index (χ1n) is 6.67. The van der Waals surface area contributed by atoms with E-state index in [2.05, 4.69) is 15.3 Å². The molecule has 0 aliphatic heterocycles. The predicted molar refractivity (Wildman–Crippen MR) is 79.7 cm³/mol. The zero-order chi connectivity index (χ0) is 16.1. The van der Waals surface area contributed by atoms with E-state index in [1.165, 1.54) is 7.11 Å². The summed E-state index contributed by atoms with van der Waals surface area (Å²) < 4.78 is 4.83. The average Bonchev–Trinajstić information content (AvgIpc) is 2.50. The van der Waals surface area contributed by atoms with E-state index in [4.69, 9.17) is 4.74 Å². The summed E-state index contributed by atoms with van der Waals surface area (Å²) in [7, 11) is 1.51. The number of ether oxygens (including phenoxy) is 1. The highest BCUT2D eigenvalue weighted by atomic mass is 16.5. The first-order chi connectivity index (χ1) is 10.5. The van der Waals surface area contributed by atoms with Crippen molar-refractivity contribution < 1.29 is 19.7 Å². The Bertz CT molecular complexity index is 688. The van der Waals surface area contributed by atoms with Crippen LogP contribution in [0, 0.1) is 6.92 Å². The Labute approximate surface area is 127 Å². The third-order valence-corrected chi connectivity index (χ3v) is 2.95. The van der Waals surface area contributed by atoms with E-state index in [0.717, 1.165) is 5.56 Å². The first kappa shape index (κ1) is 15.7. The summed E-state index contributed by atoms with van der Waals surface area (Å²) in [5.74, 6) is -1.73. The third kappa shape index (κ3) is 3.50. The van der Waals surface area contributed by atoms with E-state index in [9.17, 15) is 15.0 Å². The van der Waals surface area contributed by atoms with Gasteiger partial charge < -0.3 is 20.3 Å². The van der Waals surface area contributed by atoms with E-state index in [1.54, 1.807) is 6.07 Å². The third-order valence-electron chi connectivity index (χ3n) is 2.95. The number of carbonyl (C=O) groups excluding carboxylic acids is 1. The summed E-state index contributed by atoms with van der Waals surface area (Å²) in [5, 5.41) is 22.0. The average molecular weight is 303 g/mol. The second kappa shape index (κ2) is 6.86. The molecule has 0 bridgehead atoms. The van der Waals surface area contributed by atoms with Crippen LogP contribution >= 0.6 is 0 Å². The molecule has 7 nitrogen and oxygen atoms in total. The number of nitrogens with one attached hydrogen (secondary N) is 1. The molecule has 0 spiro atoms. The van der Waals surface area contributed by atoms with Gasteiger partial charge in [0.1, 0.15) is 0 Å². The first-order valence-corrected chi connectivity index (χ1v) is 6.67. The molecule has 0 fully saturated rings. The molecule has 0 unspecified atom stereocenters. The molecule has 22 heavy (non-hydrogen) atoms. The number of rotatable bonds is 5. The van der Waals surface area contributed by atoms with Crippen molar-refractivity contribution in [3.63, 3.8) is 0 Å². The van der Waals surface area contributed by atoms with Crippen molar-refractivity contribution >= 4 is 5.91 Å². The Morgan fingerprint density at radius 2 is 2.09 bits per heavy atom. The SMILES string of the molecule is COCCNC(=O)c1nc(-c2cccc(C)c2)nc(O)c1O. The van der Waals surface area contributed by atoms with E-state index in [-0.39, 0.29) is 18.1 Å². The second-order valence-electron chi connectivity index (χ2n) is 4.69. The van der Waals surface area contributed by atoms with Crippen LogP contribution in [0.1, 0.15) is 16.1 Å². The maximum absolute atomic E-state index is 12.0. The highest BCUT2D eigenvalue weighted by Gasteiger charge is 2.20. The van der Waals surface area contributed by atoms with Crippen LogP contribution < -0.4 is 5.32 Å². The summed E-state index contributed by atoms with van der Waals surface area (Å²) in [4.78, 5) is 19.9. The topological polar surface area (TPSA) is 105 Å². The van der Waals surface area contributed by atoms with Crippen LogP contribution in [0.4, 0.5) is 0 Å². The Hall–Kier alpha value is -2.67. The van der Waals surface area contributed by atoms with Crippen molar-refractivity contribution in [2.45, 2.75) is 6.92 Å². The summed E-state index contributed by atoms with van der Waals surface area (Å²) >= 11 is 0. The minimum absolute atomic E-state index is 0.163. The summed E-state index contributed by atoms with van der Waals surface area (Å²) in [6.07, 6.45) is 0. The molecule has 0 saturated carbocycles. The standard InChI is InChI=1S/C15H17N3O4/c1-9-4-3-5-10(8-9)13-17-11(12(19)15(21)18-13)14(20)16-6-7-22-2/h3-5,8,19H,6-7H2,1-2H3,(H,16,20)(H,17,18,21). The van der Waals surface area contributed by atoms with Gasteiger partial charge in [0, 0.05) is 19.2 Å². The lowest BCUT2D eigenvalue weighted by atomic mass is 10.1. The molecule has 0 radical (unpaired) electrons. The smallest absolute Gasteiger partial charge is 0.274 e. The van der Waals surface area contributed by atoms with E-state index < -0.39 is 17.5 Å². The normalized spacial score (nSPS) is 10.5. The van der Waals surface area contributed by atoms with Gasteiger partial charge in [-0.25, -0.2) is 4.98 Å². The van der Waals surface area contributed by atoms with Gasteiger partial charge in [-0.3, -0.25) is 4.79 Å². The summed E-state index contributed by atoms with van der Waals surface area (Å²) in [6, 6.07) is 7.29. The number of methoxy groups -OCH3 is 1. The molecule has 0 aliphatic carbocycles. The van der Waals surface area contributed by atoms with Crippen LogP contribution in [-0.4, -0.2) is 46.3 Å². The van der Waals surface area contributed by atoms with Crippen molar-refractivity contribution in [3.8, 4) is 23.0 Å². The molecule has 1 heterocycles. The minimum atomic E-state index is -0.647. The molecular weight excluding hydrogens is 286 g/mol. The van der Waals surface area contributed by atoms with Crippen LogP contribution in [0.25, 0.3) is 11.4 Å². The summed E-state index contributed by atoms with van der Waals surface area (Å²) in [6.45, 7) is 2.50. The molecule has 0 saturated heterocycles. The van der Waals surface area contributed by atoms with Gasteiger partial charge in [0.2, 0.25) is 5.75 Å². The lowest BCUT2D eigenvalue weighted by Crippen LogP contribution is -2.28. The fourth-order valence-electron chi connectivity index (χ4n) is 1.86. The number of aryl methyl sites for hydroxylation is 1. The minimum Gasteiger partial charge on any atom is -0.501 e. The number of nitrogens with zero attached hydrogens (tertiary/aromatic N) is 2. The van der Waals surface area contributed by atoms with Crippen molar-refractivity contribution in [1.29, 1.82) is 0 Å². The number of hydrogen-bond acceptors (Lipinski definition) is 6. The number of aromatic nitrogens is 2. The second-order valence-corrected chi connectivity index (χ2v) is 4.69. The Morgan fingerprint density at radius 1 is 1.32 bits per heavy atom. The van der Waals surface area contributed by atoms with Crippen molar-refractivity contribution in [3.05, 3.63) is 35.5 Å². The quantitative estimate of drug-likeness (QED) is 0.718. The maximum atomic E-state index is 12.0. The molecule has 7 heteroatoms. The molecule has 1 aromatic heterocycles. The monoisotopic (exact) mass is 303 g/mol. The Morgan fingerprint density at radius 3 is 2.77 bits per heavy atom. The van der Waals surface area contributed by atoms with E-state index in [1.807, 2.05) is 25.1 Å². The molecule has 2 aromatic rings. The molecule has 0 aliphatic rings. The lowest BCUT2D eigenvalue weighted by molar-refractivity contribution is 0.0928. The van der Waals surface area contributed by atoms with Crippen molar-refractivity contribution in [2.24, 2.45) is 0 Å². The molecule has 3 N–H and O–H groups in total. The Kier molecular flexibility index (Phi) is 4.90. The number of carbonyl (C=O) groups is 1. The fraction of sp³-hybridized carbons (Fsp3) is 0.267. The zero-order valence-corrected chi connectivity index (χ0v) is 12.3. The van der Waals surface area contributed by atoms with E-state index >= 15 is 0 Å². The molecule has 1 amide bonds. The number of aromatic hydroxyl groups is 2. The van der Waals surface area contributed by atoms with Crippen LogP contribution in [-0.2, 0) is 4.74 Å². The van der Waals surface area contributed by atoms with Gasteiger partial charge in [-0.2, -0.15) is 4.98 Å². The lowest BCUT2D eigenvalue weighted by Gasteiger charge is -2.09.